The fourth-order valence-corrected chi connectivity index (χ4v) is 1.52. The van der Waals surface area contributed by atoms with Gasteiger partial charge in [-0.15, -0.1) is 0 Å². The zero-order chi connectivity index (χ0) is 12.4. The van der Waals surface area contributed by atoms with Crippen molar-refractivity contribution in [1.29, 1.82) is 0 Å². The van der Waals surface area contributed by atoms with Crippen LogP contribution in [0.3, 0.4) is 0 Å². The molecule has 1 N–H and O–H groups in total. The predicted octanol–water partition coefficient (Wildman–Crippen LogP) is 1.43. The number of rotatable bonds is 3. The van der Waals surface area contributed by atoms with Gasteiger partial charge in [0.2, 0.25) is 0 Å². The van der Waals surface area contributed by atoms with Crippen LogP contribution < -0.4 is 0 Å². The second kappa shape index (κ2) is 4.34. The van der Waals surface area contributed by atoms with Crippen molar-refractivity contribution in [3.63, 3.8) is 0 Å². The van der Waals surface area contributed by atoms with E-state index in [2.05, 4.69) is 9.97 Å². The van der Waals surface area contributed by atoms with Crippen molar-refractivity contribution in [2.75, 3.05) is 0 Å². The molecule has 86 valence electrons. The number of carboxylic acids is 1. The summed E-state index contributed by atoms with van der Waals surface area (Å²) >= 11 is 5.80. The first-order chi connectivity index (χ1) is 8.13. The van der Waals surface area contributed by atoms with E-state index in [1.54, 1.807) is 0 Å². The standard InChI is InChI=1S/C10H6ClN3O3/c11-7-1-12-2-9(6(7)4-15)14-3-8(10(16)17)13-5-14/h1-5H,(H,16,17). The third-order valence-corrected chi connectivity index (χ3v) is 2.42. The van der Waals surface area contributed by atoms with Crippen molar-refractivity contribution >= 4 is 23.9 Å². The highest BCUT2D eigenvalue weighted by Crippen LogP contribution is 2.20. The first-order valence-electron chi connectivity index (χ1n) is 4.50. The largest absolute Gasteiger partial charge is 0.476 e. The first-order valence-corrected chi connectivity index (χ1v) is 4.87. The Morgan fingerprint density at radius 1 is 1.47 bits per heavy atom. The Morgan fingerprint density at radius 2 is 2.24 bits per heavy atom. The summed E-state index contributed by atoms with van der Waals surface area (Å²) in [6.45, 7) is 0. The molecule has 17 heavy (non-hydrogen) atoms. The summed E-state index contributed by atoms with van der Waals surface area (Å²) in [4.78, 5) is 29.1. The molecule has 6 nitrogen and oxygen atoms in total. The minimum atomic E-state index is -1.15. The van der Waals surface area contributed by atoms with Crippen LogP contribution in [-0.4, -0.2) is 31.9 Å². The lowest BCUT2D eigenvalue weighted by Crippen LogP contribution is -1.99. The number of nitrogens with zero attached hydrogens (tertiary/aromatic N) is 3. The van der Waals surface area contributed by atoms with Crippen LogP contribution in [0.25, 0.3) is 5.69 Å². The average Bonchev–Trinajstić information content (AvgIpc) is 2.77. The van der Waals surface area contributed by atoms with Crippen molar-refractivity contribution in [2.45, 2.75) is 0 Å². The van der Waals surface area contributed by atoms with Crippen LogP contribution in [0.15, 0.2) is 24.9 Å². The zero-order valence-corrected chi connectivity index (χ0v) is 9.13. The fraction of sp³-hybridized carbons (Fsp3) is 0. The number of carboxylic acid groups (broad SMARTS) is 1. The quantitative estimate of drug-likeness (QED) is 0.834. The molecule has 0 bridgehead atoms. The molecular weight excluding hydrogens is 246 g/mol. The lowest BCUT2D eigenvalue weighted by molar-refractivity contribution is 0.0691. The Hall–Kier alpha value is -2.21. The van der Waals surface area contributed by atoms with Crippen molar-refractivity contribution in [3.05, 3.63) is 41.2 Å². The molecular formula is C10H6ClN3O3. The lowest BCUT2D eigenvalue weighted by Gasteiger charge is -2.05. The van der Waals surface area contributed by atoms with Gasteiger partial charge in [-0.2, -0.15) is 0 Å². The van der Waals surface area contributed by atoms with E-state index in [0.29, 0.717) is 12.0 Å². The van der Waals surface area contributed by atoms with Gasteiger partial charge in [0.1, 0.15) is 6.33 Å². The van der Waals surface area contributed by atoms with Crippen LogP contribution in [0.1, 0.15) is 20.8 Å². The number of aromatic nitrogens is 3. The normalized spacial score (nSPS) is 10.2. The molecule has 0 saturated heterocycles. The van der Waals surface area contributed by atoms with E-state index in [0.717, 1.165) is 0 Å². The maximum atomic E-state index is 10.9. The summed E-state index contributed by atoms with van der Waals surface area (Å²) in [5.74, 6) is -1.15. The minimum absolute atomic E-state index is 0.123. The molecule has 0 aliphatic rings. The maximum absolute atomic E-state index is 10.9. The molecule has 0 unspecified atom stereocenters. The molecule has 0 aromatic carbocycles. The smallest absolute Gasteiger partial charge is 0.356 e. The first kappa shape index (κ1) is 11.3. The number of hydrogen-bond acceptors (Lipinski definition) is 4. The number of pyridine rings is 1. The molecule has 2 aromatic heterocycles. The summed E-state index contributed by atoms with van der Waals surface area (Å²) in [6.07, 6.45) is 5.89. The van der Waals surface area contributed by atoms with E-state index in [1.165, 1.54) is 29.5 Å². The van der Waals surface area contributed by atoms with Gasteiger partial charge in [0.05, 0.1) is 22.5 Å². The van der Waals surface area contributed by atoms with Gasteiger partial charge < -0.3 is 9.67 Å². The Kier molecular flexibility index (Phi) is 2.88. The molecule has 2 rings (SSSR count). The van der Waals surface area contributed by atoms with E-state index < -0.39 is 5.97 Å². The third kappa shape index (κ3) is 2.02. The monoisotopic (exact) mass is 251 g/mol. The van der Waals surface area contributed by atoms with Crippen molar-refractivity contribution in [3.8, 4) is 5.69 Å². The lowest BCUT2D eigenvalue weighted by atomic mass is 10.2. The zero-order valence-electron chi connectivity index (χ0n) is 8.37. The van der Waals surface area contributed by atoms with Gasteiger partial charge in [-0.3, -0.25) is 9.78 Å². The molecule has 0 atom stereocenters. The molecule has 0 saturated carbocycles. The molecule has 7 heteroatoms. The van der Waals surface area contributed by atoms with E-state index in [-0.39, 0.29) is 16.3 Å². The molecule has 0 spiro atoms. The van der Waals surface area contributed by atoms with Crippen LogP contribution in [0.2, 0.25) is 5.02 Å². The van der Waals surface area contributed by atoms with Gasteiger partial charge >= 0.3 is 5.97 Å². The van der Waals surface area contributed by atoms with Gasteiger partial charge in [-0.05, 0) is 0 Å². The van der Waals surface area contributed by atoms with Crippen LogP contribution in [0.4, 0.5) is 0 Å². The highest BCUT2D eigenvalue weighted by atomic mass is 35.5. The summed E-state index contributed by atoms with van der Waals surface area (Å²) in [6, 6.07) is 0. The molecule has 0 fully saturated rings. The average molecular weight is 252 g/mol. The number of imidazole rings is 1. The second-order valence-corrected chi connectivity index (χ2v) is 3.55. The number of carbonyl (C=O) groups is 2. The van der Waals surface area contributed by atoms with Gasteiger partial charge in [0.15, 0.2) is 12.0 Å². The predicted molar refractivity (Wildman–Crippen MR) is 58.7 cm³/mol. The van der Waals surface area contributed by atoms with E-state index in [1.807, 2.05) is 0 Å². The molecule has 0 radical (unpaired) electrons. The Labute approximate surface area is 100 Å². The van der Waals surface area contributed by atoms with Gasteiger partial charge in [0, 0.05) is 12.4 Å². The highest BCUT2D eigenvalue weighted by molar-refractivity contribution is 6.33. The Balaban J connectivity index is 2.56. The molecule has 0 aliphatic carbocycles. The van der Waals surface area contributed by atoms with Crippen LogP contribution >= 0.6 is 11.6 Å². The van der Waals surface area contributed by atoms with Crippen LogP contribution in [-0.2, 0) is 0 Å². The van der Waals surface area contributed by atoms with E-state index in [9.17, 15) is 9.59 Å². The Morgan fingerprint density at radius 3 is 2.82 bits per heavy atom. The summed E-state index contributed by atoms with van der Waals surface area (Å²) in [7, 11) is 0. The second-order valence-electron chi connectivity index (χ2n) is 3.14. The fourth-order valence-electron chi connectivity index (χ4n) is 1.32. The number of hydrogen-bond donors (Lipinski definition) is 1. The van der Waals surface area contributed by atoms with Crippen LogP contribution in [0, 0.1) is 0 Å². The topological polar surface area (TPSA) is 85.1 Å². The maximum Gasteiger partial charge on any atom is 0.356 e. The van der Waals surface area contributed by atoms with Crippen molar-refractivity contribution in [2.24, 2.45) is 0 Å². The Bertz CT molecular complexity index is 594. The summed E-state index contributed by atoms with van der Waals surface area (Å²) in [5.41, 5.74) is 0.491. The minimum Gasteiger partial charge on any atom is -0.476 e. The molecule has 2 aromatic rings. The van der Waals surface area contributed by atoms with E-state index in [4.69, 9.17) is 16.7 Å². The third-order valence-electron chi connectivity index (χ3n) is 2.12. The number of aromatic carboxylic acids is 1. The highest BCUT2D eigenvalue weighted by Gasteiger charge is 2.12. The molecule has 0 amide bonds. The SMILES string of the molecule is O=Cc1c(Cl)cncc1-n1cnc(C(=O)O)c1. The van der Waals surface area contributed by atoms with Crippen LogP contribution in [0.5, 0.6) is 0 Å². The van der Waals surface area contributed by atoms with Gasteiger partial charge in [0.25, 0.3) is 0 Å². The number of halogens is 1. The number of carbonyl (C=O) groups excluding carboxylic acids is 1. The van der Waals surface area contributed by atoms with Gasteiger partial charge in [-0.1, -0.05) is 11.6 Å². The summed E-state index contributed by atoms with van der Waals surface area (Å²) in [5, 5.41) is 8.94. The molecule has 0 aliphatic heterocycles. The summed E-state index contributed by atoms with van der Waals surface area (Å²) < 4.78 is 1.38. The van der Waals surface area contributed by atoms with Crippen molar-refractivity contribution in [1.82, 2.24) is 14.5 Å². The van der Waals surface area contributed by atoms with Gasteiger partial charge in [-0.25, -0.2) is 9.78 Å². The van der Waals surface area contributed by atoms with Crippen molar-refractivity contribution < 1.29 is 14.7 Å². The number of aldehydes is 1. The van der Waals surface area contributed by atoms with E-state index >= 15 is 0 Å². The molecule has 2 heterocycles.